The number of aliphatic hydroxyl groups is 1. The van der Waals surface area contributed by atoms with Crippen LogP contribution in [0.4, 0.5) is 5.95 Å². The third-order valence-electron chi connectivity index (χ3n) is 5.20. The van der Waals surface area contributed by atoms with Crippen LogP contribution in [-0.2, 0) is 4.74 Å². The molecular formula is C23H21N7O2. The molecule has 1 unspecified atom stereocenters. The topological polar surface area (TPSA) is 122 Å². The molecule has 0 saturated carbocycles. The number of anilines is 1. The molecule has 2 atom stereocenters. The van der Waals surface area contributed by atoms with Crippen LogP contribution in [0.25, 0.3) is 22.4 Å². The van der Waals surface area contributed by atoms with Gasteiger partial charge in [0.1, 0.15) is 11.4 Å². The SMILES string of the molecule is OC[C@H]1CCC(CNc2nccc(-c3nccc(C#Cc4ccc5[nH]ncc5c4)n3)n2)O1. The van der Waals surface area contributed by atoms with Crippen molar-refractivity contribution in [2.45, 2.75) is 25.0 Å². The summed E-state index contributed by atoms with van der Waals surface area (Å²) in [4.78, 5) is 17.7. The van der Waals surface area contributed by atoms with Crippen LogP contribution in [0.2, 0.25) is 0 Å². The van der Waals surface area contributed by atoms with E-state index in [1.807, 2.05) is 18.2 Å². The number of aliphatic hydroxyl groups excluding tert-OH is 1. The molecular weight excluding hydrogens is 406 g/mol. The lowest BCUT2D eigenvalue weighted by atomic mass is 10.1. The van der Waals surface area contributed by atoms with Crippen molar-refractivity contribution in [3.05, 3.63) is 60.2 Å². The van der Waals surface area contributed by atoms with E-state index in [1.54, 1.807) is 30.7 Å². The summed E-state index contributed by atoms with van der Waals surface area (Å²) in [6.45, 7) is 0.629. The number of nitrogens with zero attached hydrogens (tertiary/aromatic N) is 5. The predicted octanol–water partition coefficient (Wildman–Crippen LogP) is 2.16. The van der Waals surface area contributed by atoms with Gasteiger partial charge in [-0.25, -0.2) is 19.9 Å². The van der Waals surface area contributed by atoms with Gasteiger partial charge in [-0.15, -0.1) is 0 Å². The number of aromatic amines is 1. The van der Waals surface area contributed by atoms with Crippen molar-refractivity contribution < 1.29 is 9.84 Å². The summed E-state index contributed by atoms with van der Waals surface area (Å²) in [5.74, 6) is 7.18. The van der Waals surface area contributed by atoms with Crippen LogP contribution in [0.1, 0.15) is 24.1 Å². The molecule has 0 spiro atoms. The maximum absolute atomic E-state index is 9.19. The van der Waals surface area contributed by atoms with Gasteiger partial charge in [-0.05, 0) is 49.1 Å². The van der Waals surface area contributed by atoms with Gasteiger partial charge in [0.15, 0.2) is 5.82 Å². The lowest BCUT2D eigenvalue weighted by Gasteiger charge is -2.13. The van der Waals surface area contributed by atoms with Crippen molar-refractivity contribution in [1.82, 2.24) is 30.1 Å². The van der Waals surface area contributed by atoms with E-state index >= 15 is 0 Å². The zero-order valence-electron chi connectivity index (χ0n) is 17.2. The average molecular weight is 427 g/mol. The fraction of sp³-hybridized carbons (Fsp3) is 0.261. The molecule has 4 heterocycles. The second-order valence-electron chi connectivity index (χ2n) is 7.47. The summed E-state index contributed by atoms with van der Waals surface area (Å²) in [6.07, 6.45) is 6.83. The van der Waals surface area contributed by atoms with E-state index in [4.69, 9.17) is 4.74 Å². The van der Waals surface area contributed by atoms with Gasteiger partial charge in [0.2, 0.25) is 5.95 Å². The minimum Gasteiger partial charge on any atom is -0.394 e. The normalized spacial score (nSPS) is 17.8. The van der Waals surface area contributed by atoms with Gasteiger partial charge >= 0.3 is 0 Å². The summed E-state index contributed by atoms with van der Waals surface area (Å²) in [6, 6.07) is 9.40. The van der Waals surface area contributed by atoms with Gasteiger partial charge in [-0.3, -0.25) is 5.10 Å². The van der Waals surface area contributed by atoms with Crippen LogP contribution in [0.3, 0.4) is 0 Å². The maximum Gasteiger partial charge on any atom is 0.223 e. The second kappa shape index (κ2) is 9.09. The molecule has 5 rings (SSSR count). The van der Waals surface area contributed by atoms with E-state index in [9.17, 15) is 5.11 Å². The predicted molar refractivity (Wildman–Crippen MR) is 119 cm³/mol. The van der Waals surface area contributed by atoms with E-state index in [0.717, 1.165) is 29.3 Å². The number of nitrogens with one attached hydrogen (secondary N) is 2. The summed E-state index contributed by atoms with van der Waals surface area (Å²) in [7, 11) is 0. The second-order valence-corrected chi connectivity index (χ2v) is 7.47. The fourth-order valence-electron chi connectivity index (χ4n) is 3.55. The molecule has 1 saturated heterocycles. The Bertz CT molecular complexity index is 1290. The number of hydrogen-bond donors (Lipinski definition) is 3. The number of H-pyrrole nitrogens is 1. The molecule has 9 nitrogen and oxygen atoms in total. The highest BCUT2D eigenvalue weighted by Crippen LogP contribution is 2.20. The van der Waals surface area contributed by atoms with Crippen LogP contribution in [0.5, 0.6) is 0 Å². The molecule has 1 aromatic carbocycles. The Labute approximate surface area is 184 Å². The van der Waals surface area contributed by atoms with Crippen LogP contribution in [-0.4, -0.2) is 60.6 Å². The Morgan fingerprint density at radius 2 is 1.97 bits per heavy atom. The quantitative estimate of drug-likeness (QED) is 0.414. The highest BCUT2D eigenvalue weighted by molar-refractivity contribution is 5.79. The van der Waals surface area contributed by atoms with Crippen LogP contribution in [0, 0.1) is 11.8 Å². The molecule has 4 aromatic rings. The number of fused-ring (bicyclic) bond motifs is 1. The molecule has 0 aliphatic carbocycles. The minimum absolute atomic E-state index is 0.0375. The van der Waals surface area contributed by atoms with Crippen LogP contribution < -0.4 is 5.32 Å². The van der Waals surface area contributed by atoms with Crippen molar-refractivity contribution in [2.24, 2.45) is 0 Å². The van der Waals surface area contributed by atoms with Crippen molar-refractivity contribution >= 4 is 16.9 Å². The van der Waals surface area contributed by atoms with Gasteiger partial charge in [0.25, 0.3) is 0 Å². The number of ether oxygens (including phenoxy) is 1. The lowest BCUT2D eigenvalue weighted by Crippen LogP contribution is -2.22. The van der Waals surface area contributed by atoms with Crippen LogP contribution >= 0.6 is 0 Å². The Hall–Kier alpha value is -3.87. The van der Waals surface area contributed by atoms with Gasteiger partial charge in [0, 0.05) is 29.9 Å². The first-order valence-corrected chi connectivity index (χ1v) is 10.4. The molecule has 1 aliphatic heterocycles. The highest BCUT2D eigenvalue weighted by atomic mass is 16.5. The Balaban J connectivity index is 1.29. The lowest BCUT2D eigenvalue weighted by molar-refractivity contribution is 0.0174. The number of rotatable bonds is 5. The Kier molecular flexibility index (Phi) is 5.70. The van der Waals surface area contributed by atoms with Crippen molar-refractivity contribution in [3.8, 4) is 23.4 Å². The Morgan fingerprint density at radius 3 is 2.88 bits per heavy atom. The van der Waals surface area contributed by atoms with E-state index in [0.29, 0.717) is 29.7 Å². The molecule has 32 heavy (non-hydrogen) atoms. The standard InChI is InChI=1S/C23H21N7O2/c31-14-19-5-4-18(32-19)13-26-23-25-10-8-21(29-23)22-24-9-7-17(28-22)3-1-15-2-6-20-16(11-15)12-27-30-20/h2,6-12,18-19,31H,4-5,13-14H2,(H,27,30)(H,25,26,29)/t18?,19-/m1/s1. The summed E-state index contributed by atoms with van der Waals surface area (Å²) >= 11 is 0. The third kappa shape index (κ3) is 4.56. The first-order chi connectivity index (χ1) is 15.8. The molecule has 0 bridgehead atoms. The number of aromatic nitrogens is 6. The molecule has 1 fully saturated rings. The van der Waals surface area contributed by atoms with E-state index in [-0.39, 0.29) is 18.8 Å². The average Bonchev–Trinajstić information content (AvgIpc) is 3.51. The smallest absolute Gasteiger partial charge is 0.223 e. The summed E-state index contributed by atoms with van der Waals surface area (Å²) in [5.41, 5.74) is 3.06. The van der Waals surface area contributed by atoms with Gasteiger partial charge in [0.05, 0.1) is 30.5 Å². The van der Waals surface area contributed by atoms with Crippen molar-refractivity contribution in [1.29, 1.82) is 0 Å². The van der Waals surface area contributed by atoms with Gasteiger partial charge in [-0.1, -0.05) is 5.92 Å². The molecule has 1 aliphatic rings. The molecule has 9 heteroatoms. The van der Waals surface area contributed by atoms with E-state index < -0.39 is 0 Å². The van der Waals surface area contributed by atoms with Gasteiger partial charge in [-0.2, -0.15) is 5.10 Å². The number of hydrogen-bond acceptors (Lipinski definition) is 8. The first-order valence-electron chi connectivity index (χ1n) is 10.4. The van der Waals surface area contributed by atoms with Crippen molar-refractivity contribution in [2.75, 3.05) is 18.5 Å². The zero-order valence-corrected chi connectivity index (χ0v) is 17.2. The molecule has 3 N–H and O–H groups in total. The Morgan fingerprint density at radius 1 is 1.06 bits per heavy atom. The van der Waals surface area contributed by atoms with Gasteiger partial charge < -0.3 is 15.2 Å². The first kappa shape index (κ1) is 20.1. The minimum atomic E-state index is -0.0760. The van der Waals surface area contributed by atoms with E-state index in [2.05, 4.69) is 47.3 Å². The maximum atomic E-state index is 9.19. The molecule has 160 valence electrons. The summed E-state index contributed by atoms with van der Waals surface area (Å²) < 4.78 is 5.73. The van der Waals surface area contributed by atoms with Crippen molar-refractivity contribution in [3.63, 3.8) is 0 Å². The molecule has 0 radical (unpaired) electrons. The van der Waals surface area contributed by atoms with E-state index in [1.165, 1.54) is 0 Å². The molecule has 0 amide bonds. The number of benzene rings is 1. The summed E-state index contributed by atoms with van der Waals surface area (Å²) in [5, 5.41) is 20.4. The molecule has 3 aromatic heterocycles. The third-order valence-corrected chi connectivity index (χ3v) is 5.20. The highest BCUT2D eigenvalue weighted by Gasteiger charge is 2.24. The van der Waals surface area contributed by atoms with Crippen LogP contribution in [0.15, 0.2) is 48.9 Å². The fourth-order valence-corrected chi connectivity index (χ4v) is 3.55. The zero-order chi connectivity index (χ0) is 21.8. The largest absolute Gasteiger partial charge is 0.394 e. The monoisotopic (exact) mass is 427 g/mol.